The van der Waals surface area contributed by atoms with Gasteiger partial charge in [-0.25, -0.2) is 5.48 Å². The van der Waals surface area contributed by atoms with Gasteiger partial charge in [0.1, 0.15) is 6.29 Å². The standard InChI is InChI=1S/C22H30BrN3O3/c1-2-11-26-19-9-8-16(23)14-17(19)18-15-25(12-10-20(18)26)21(22(28)24-29)7-5-3-4-6-13-27/h8-9,13-14,21,29H,2-7,10-12,15H2,1H3,(H,24,28). The van der Waals surface area contributed by atoms with Crippen molar-refractivity contribution in [3.63, 3.8) is 0 Å². The highest BCUT2D eigenvalue weighted by atomic mass is 79.9. The quantitative estimate of drug-likeness (QED) is 0.239. The van der Waals surface area contributed by atoms with Crippen molar-refractivity contribution in [2.24, 2.45) is 0 Å². The molecule has 3 rings (SSSR count). The summed E-state index contributed by atoms with van der Waals surface area (Å²) in [5.74, 6) is -0.345. The van der Waals surface area contributed by atoms with E-state index < -0.39 is 0 Å². The highest BCUT2D eigenvalue weighted by Crippen LogP contribution is 2.34. The number of fused-ring (bicyclic) bond motifs is 3. The van der Waals surface area contributed by atoms with Crippen LogP contribution in [0.1, 0.15) is 56.7 Å². The van der Waals surface area contributed by atoms with Crippen molar-refractivity contribution < 1.29 is 14.8 Å². The third kappa shape index (κ3) is 4.90. The Morgan fingerprint density at radius 3 is 2.90 bits per heavy atom. The molecular formula is C22H30BrN3O3. The van der Waals surface area contributed by atoms with Crippen molar-refractivity contribution in [1.29, 1.82) is 0 Å². The lowest BCUT2D eigenvalue weighted by Gasteiger charge is -2.34. The molecule has 1 unspecified atom stereocenters. The smallest absolute Gasteiger partial charge is 0.260 e. The van der Waals surface area contributed by atoms with Crippen LogP contribution >= 0.6 is 15.9 Å². The van der Waals surface area contributed by atoms with Gasteiger partial charge in [-0.15, -0.1) is 0 Å². The van der Waals surface area contributed by atoms with Crippen LogP contribution in [0, 0.1) is 0 Å². The largest absolute Gasteiger partial charge is 0.344 e. The van der Waals surface area contributed by atoms with E-state index in [1.807, 2.05) is 5.48 Å². The fourth-order valence-corrected chi connectivity index (χ4v) is 4.85. The molecule has 0 radical (unpaired) electrons. The van der Waals surface area contributed by atoms with E-state index in [9.17, 15) is 14.8 Å². The number of nitrogens with one attached hydrogen (secondary N) is 1. The van der Waals surface area contributed by atoms with Crippen molar-refractivity contribution in [1.82, 2.24) is 14.9 Å². The van der Waals surface area contributed by atoms with E-state index in [2.05, 4.69) is 50.5 Å². The van der Waals surface area contributed by atoms with Crippen LogP contribution in [0.15, 0.2) is 22.7 Å². The number of aryl methyl sites for hydroxylation is 1. The van der Waals surface area contributed by atoms with Crippen LogP contribution < -0.4 is 5.48 Å². The van der Waals surface area contributed by atoms with Crippen molar-refractivity contribution in [3.8, 4) is 0 Å². The van der Waals surface area contributed by atoms with Gasteiger partial charge in [0.05, 0.1) is 6.04 Å². The summed E-state index contributed by atoms with van der Waals surface area (Å²) in [6.07, 6.45) is 6.77. The Balaban J connectivity index is 1.84. The Morgan fingerprint density at radius 2 is 2.17 bits per heavy atom. The molecular weight excluding hydrogens is 434 g/mol. The molecule has 0 spiro atoms. The third-order valence-corrected chi connectivity index (χ3v) is 6.34. The lowest BCUT2D eigenvalue weighted by molar-refractivity contribution is -0.135. The first kappa shape index (κ1) is 22.0. The molecule has 158 valence electrons. The average molecular weight is 464 g/mol. The van der Waals surface area contributed by atoms with Gasteiger partial charge in [0, 0.05) is 53.5 Å². The second-order valence-electron chi connectivity index (χ2n) is 7.76. The van der Waals surface area contributed by atoms with Gasteiger partial charge in [0.25, 0.3) is 5.91 Å². The Morgan fingerprint density at radius 1 is 1.34 bits per heavy atom. The number of benzene rings is 1. The number of carbonyl (C=O) groups excluding carboxylic acids is 2. The van der Waals surface area contributed by atoms with E-state index in [-0.39, 0.29) is 11.9 Å². The molecule has 0 saturated heterocycles. The van der Waals surface area contributed by atoms with E-state index in [0.717, 1.165) is 56.0 Å². The number of halogens is 1. The molecule has 0 fully saturated rings. The normalized spacial score (nSPS) is 15.3. The minimum absolute atomic E-state index is 0.345. The van der Waals surface area contributed by atoms with Crippen molar-refractivity contribution >= 4 is 39.0 Å². The van der Waals surface area contributed by atoms with Crippen molar-refractivity contribution in [3.05, 3.63) is 33.9 Å². The van der Waals surface area contributed by atoms with Crippen LogP contribution in [-0.4, -0.2) is 39.5 Å². The predicted molar refractivity (Wildman–Crippen MR) is 117 cm³/mol. The zero-order valence-corrected chi connectivity index (χ0v) is 18.6. The summed E-state index contributed by atoms with van der Waals surface area (Å²) in [6, 6.07) is 6.06. The lowest BCUT2D eigenvalue weighted by atomic mass is 9.99. The van der Waals surface area contributed by atoms with Crippen LogP contribution in [0.5, 0.6) is 0 Å². The fraction of sp³-hybridized carbons (Fsp3) is 0.545. The number of aromatic nitrogens is 1. The number of hydrogen-bond acceptors (Lipinski definition) is 4. The van der Waals surface area contributed by atoms with Crippen LogP contribution in [0.2, 0.25) is 0 Å². The number of nitrogens with zero attached hydrogens (tertiary/aromatic N) is 2. The van der Waals surface area contributed by atoms with Crippen LogP contribution in [0.3, 0.4) is 0 Å². The van der Waals surface area contributed by atoms with Gasteiger partial charge >= 0.3 is 0 Å². The summed E-state index contributed by atoms with van der Waals surface area (Å²) in [4.78, 5) is 25.1. The van der Waals surface area contributed by atoms with Crippen LogP contribution in [-0.2, 0) is 29.1 Å². The molecule has 2 aromatic rings. The number of rotatable bonds is 10. The Kier molecular flexibility index (Phi) is 7.86. The van der Waals surface area contributed by atoms with Crippen molar-refractivity contribution in [2.45, 2.75) is 71.0 Å². The molecule has 1 aromatic carbocycles. The molecule has 2 heterocycles. The summed E-state index contributed by atoms with van der Waals surface area (Å²) >= 11 is 3.60. The van der Waals surface area contributed by atoms with E-state index in [4.69, 9.17) is 0 Å². The fourth-order valence-electron chi connectivity index (χ4n) is 4.48. The summed E-state index contributed by atoms with van der Waals surface area (Å²) in [5, 5.41) is 10.5. The minimum atomic E-state index is -0.360. The Hall–Kier alpha value is -1.70. The summed E-state index contributed by atoms with van der Waals surface area (Å²) in [5.41, 5.74) is 5.77. The maximum absolute atomic E-state index is 12.4. The van der Waals surface area contributed by atoms with Gasteiger partial charge in [0.15, 0.2) is 0 Å². The van der Waals surface area contributed by atoms with Gasteiger partial charge in [-0.1, -0.05) is 35.7 Å². The van der Waals surface area contributed by atoms with Crippen molar-refractivity contribution in [2.75, 3.05) is 6.54 Å². The summed E-state index contributed by atoms with van der Waals surface area (Å²) in [6.45, 7) is 4.68. The van der Waals surface area contributed by atoms with Gasteiger partial charge in [0.2, 0.25) is 0 Å². The van der Waals surface area contributed by atoms with Gasteiger partial charge in [-0.05, 0) is 43.0 Å². The maximum Gasteiger partial charge on any atom is 0.260 e. The van der Waals surface area contributed by atoms with E-state index in [1.54, 1.807) is 0 Å². The molecule has 0 aliphatic carbocycles. The first-order valence-corrected chi connectivity index (χ1v) is 11.3. The van der Waals surface area contributed by atoms with E-state index >= 15 is 0 Å². The number of hydroxylamine groups is 1. The topological polar surface area (TPSA) is 74.6 Å². The van der Waals surface area contributed by atoms with E-state index in [1.165, 1.54) is 22.2 Å². The Bertz CT molecular complexity index is 865. The number of aldehydes is 1. The molecule has 29 heavy (non-hydrogen) atoms. The summed E-state index contributed by atoms with van der Waals surface area (Å²) in [7, 11) is 0. The number of unbranched alkanes of at least 4 members (excludes halogenated alkanes) is 3. The van der Waals surface area contributed by atoms with E-state index in [0.29, 0.717) is 19.4 Å². The molecule has 0 saturated carbocycles. The second kappa shape index (κ2) is 10.4. The molecule has 0 bridgehead atoms. The second-order valence-corrected chi connectivity index (χ2v) is 8.67. The highest BCUT2D eigenvalue weighted by Gasteiger charge is 2.31. The molecule has 1 aliphatic rings. The average Bonchev–Trinajstić information content (AvgIpc) is 3.03. The molecule has 1 aromatic heterocycles. The molecule has 2 N–H and O–H groups in total. The number of hydrogen-bond donors (Lipinski definition) is 2. The van der Waals surface area contributed by atoms with Gasteiger partial charge in [-0.3, -0.25) is 14.9 Å². The van der Waals surface area contributed by atoms with Gasteiger partial charge < -0.3 is 9.36 Å². The minimum Gasteiger partial charge on any atom is -0.344 e. The highest BCUT2D eigenvalue weighted by molar-refractivity contribution is 9.10. The molecule has 1 atom stereocenters. The third-order valence-electron chi connectivity index (χ3n) is 5.85. The zero-order valence-electron chi connectivity index (χ0n) is 17.0. The number of amides is 1. The first-order valence-electron chi connectivity index (χ1n) is 10.5. The molecule has 7 heteroatoms. The predicted octanol–water partition coefficient (Wildman–Crippen LogP) is 4.20. The Labute approximate surface area is 180 Å². The molecule has 6 nitrogen and oxygen atoms in total. The zero-order chi connectivity index (χ0) is 20.8. The summed E-state index contributed by atoms with van der Waals surface area (Å²) < 4.78 is 3.48. The molecule has 1 aliphatic heterocycles. The van der Waals surface area contributed by atoms with Crippen LogP contribution in [0.25, 0.3) is 10.9 Å². The van der Waals surface area contributed by atoms with Gasteiger partial charge in [-0.2, -0.15) is 0 Å². The first-order chi connectivity index (χ1) is 14.1. The maximum atomic E-state index is 12.4. The van der Waals surface area contributed by atoms with Crippen LogP contribution in [0.4, 0.5) is 0 Å². The monoisotopic (exact) mass is 463 g/mol. The SMILES string of the molecule is CCCn1c2c(c3cc(Br)ccc31)CN(C(CCCCCC=O)C(=O)NO)CC2. The molecule has 1 amide bonds. The lowest BCUT2D eigenvalue weighted by Crippen LogP contribution is -2.48. The number of carbonyl (C=O) groups is 2.